The van der Waals surface area contributed by atoms with E-state index in [9.17, 15) is 4.79 Å². The highest BCUT2D eigenvalue weighted by molar-refractivity contribution is 5.59. The zero-order chi connectivity index (χ0) is 21.3. The smallest absolute Gasteiger partial charge is 0.120 e. The fourth-order valence-electron chi connectivity index (χ4n) is 4.17. The number of ether oxygens (including phenoxy) is 1. The van der Waals surface area contributed by atoms with E-state index in [4.69, 9.17) is 4.74 Å². The Balaban J connectivity index is 1.36. The normalized spacial score (nSPS) is 12.8. The van der Waals surface area contributed by atoms with Gasteiger partial charge in [-0.2, -0.15) is 0 Å². The van der Waals surface area contributed by atoms with Crippen molar-refractivity contribution >= 4 is 17.7 Å². The van der Waals surface area contributed by atoms with Crippen molar-refractivity contribution in [2.45, 2.75) is 32.2 Å². The van der Waals surface area contributed by atoms with Gasteiger partial charge in [-0.15, -0.1) is 0 Å². The molecule has 3 aromatic rings. The molecule has 160 valence electrons. The average molecular weight is 415 g/mol. The minimum atomic E-state index is 0.579. The van der Waals surface area contributed by atoms with Gasteiger partial charge in [-0.1, -0.05) is 42.5 Å². The number of nitrogens with one attached hydrogen (secondary N) is 1. The topological polar surface area (TPSA) is 41.6 Å². The first-order chi connectivity index (χ1) is 15.3. The summed E-state index contributed by atoms with van der Waals surface area (Å²) in [6.07, 6.45) is 4.64. The van der Waals surface area contributed by atoms with Crippen LogP contribution in [0, 0.1) is 0 Å². The maximum Gasteiger partial charge on any atom is 0.120 e. The molecule has 1 heterocycles. The maximum atomic E-state index is 10.5. The van der Waals surface area contributed by atoms with Gasteiger partial charge in [-0.25, -0.2) is 0 Å². The first-order valence-electron chi connectivity index (χ1n) is 11.1. The SMILES string of the molecule is O=CCCc1ccc(NCc2cccc3c2CCCN3CCOc2ccccc2)cc1. The number of benzene rings is 3. The second-order valence-corrected chi connectivity index (χ2v) is 7.92. The Morgan fingerprint density at radius 2 is 1.81 bits per heavy atom. The van der Waals surface area contributed by atoms with Crippen LogP contribution in [0.5, 0.6) is 5.75 Å². The van der Waals surface area contributed by atoms with Crippen molar-refractivity contribution in [2.24, 2.45) is 0 Å². The Kier molecular flexibility index (Phi) is 7.22. The molecular formula is C27H30N2O2. The minimum absolute atomic E-state index is 0.579. The summed E-state index contributed by atoms with van der Waals surface area (Å²) in [4.78, 5) is 13.0. The highest BCUT2D eigenvalue weighted by atomic mass is 16.5. The molecule has 0 saturated heterocycles. The van der Waals surface area contributed by atoms with Crippen LogP contribution in [-0.4, -0.2) is 26.0 Å². The molecule has 0 fully saturated rings. The monoisotopic (exact) mass is 414 g/mol. The Labute approximate surface area is 184 Å². The third kappa shape index (κ3) is 5.66. The number of hydrogen-bond acceptors (Lipinski definition) is 4. The minimum Gasteiger partial charge on any atom is -0.492 e. The zero-order valence-corrected chi connectivity index (χ0v) is 17.9. The van der Waals surface area contributed by atoms with Crippen LogP contribution in [-0.2, 0) is 24.2 Å². The molecule has 3 aromatic carbocycles. The number of carbonyl (C=O) groups is 1. The molecule has 0 radical (unpaired) electrons. The van der Waals surface area contributed by atoms with E-state index in [1.807, 2.05) is 30.3 Å². The van der Waals surface area contributed by atoms with Crippen molar-refractivity contribution < 1.29 is 9.53 Å². The summed E-state index contributed by atoms with van der Waals surface area (Å²) in [5, 5.41) is 3.56. The molecule has 0 spiro atoms. The molecule has 1 aliphatic heterocycles. The van der Waals surface area contributed by atoms with E-state index < -0.39 is 0 Å². The van der Waals surface area contributed by atoms with E-state index in [-0.39, 0.29) is 0 Å². The first-order valence-corrected chi connectivity index (χ1v) is 11.1. The van der Waals surface area contributed by atoms with Crippen LogP contribution in [0.2, 0.25) is 0 Å². The number of aldehydes is 1. The Bertz CT molecular complexity index is 970. The first kappa shape index (κ1) is 21.0. The number of fused-ring (bicyclic) bond motifs is 1. The summed E-state index contributed by atoms with van der Waals surface area (Å²) in [5.41, 5.74) is 6.45. The van der Waals surface area contributed by atoms with E-state index in [2.05, 4.69) is 52.7 Å². The lowest BCUT2D eigenvalue weighted by atomic mass is 9.96. The van der Waals surface area contributed by atoms with Gasteiger partial charge in [0.2, 0.25) is 0 Å². The van der Waals surface area contributed by atoms with Crippen LogP contribution in [0.3, 0.4) is 0 Å². The molecule has 0 aliphatic carbocycles. The van der Waals surface area contributed by atoms with E-state index in [0.29, 0.717) is 13.0 Å². The summed E-state index contributed by atoms with van der Waals surface area (Å²) in [6, 6.07) is 25.0. The van der Waals surface area contributed by atoms with Crippen LogP contribution in [0.25, 0.3) is 0 Å². The quantitative estimate of drug-likeness (QED) is 0.460. The Hall–Kier alpha value is -3.27. The molecule has 1 aliphatic rings. The molecule has 0 bridgehead atoms. The lowest BCUT2D eigenvalue weighted by Gasteiger charge is -2.32. The molecule has 4 nitrogen and oxygen atoms in total. The van der Waals surface area contributed by atoms with E-state index >= 15 is 0 Å². The molecule has 4 rings (SSSR count). The van der Waals surface area contributed by atoms with Gasteiger partial charge in [0.1, 0.15) is 18.6 Å². The van der Waals surface area contributed by atoms with E-state index in [1.54, 1.807) is 0 Å². The van der Waals surface area contributed by atoms with Crippen molar-refractivity contribution in [2.75, 3.05) is 29.9 Å². The molecule has 0 unspecified atom stereocenters. The van der Waals surface area contributed by atoms with E-state index in [1.165, 1.54) is 28.8 Å². The second-order valence-electron chi connectivity index (χ2n) is 7.92. The zero-order valence-electron chi connectivity index (χ0n) is 17.9. The van der Waals surface area contributed by atoms with Crippen LogP contribution in [0.15, 0.2) is 72.8 Å². The standard InChI is InChI=1S/C27H30N2O2/c30-19-6-7-22-13-15-24(16-14-22)28-21-23-8-4-12-27-26(23)11-5-17-29(27)18-20-31-25-9-2-1-3-10-25/h1-4,8-10,12-16,19,28H,5-7,11,17-18,20-21H2. The summed E-state index contributed by atoms with van der Waals surface area (Å²) < 4.78 is 5.92. The molecular weight excluding hydrogens is 384 g/mol. The fourth-order valence-corrected chi connectivity index (χ4v) is 4.17. The number of aryl methyl sites for hydroxylation is 1. The highest BCUT2D eigenvalue weighted by Crippen LogP contribution is 2.30. The number of hydrogen-bond donors (Lipinski definition) is 1. The van der Waals surface area contributed by atoms with Crippen molar-refractivity contribution in [1.82, 2.24) is 0 Å². The summed E-state index contributed by atoms with van der Waals surface area (Å²) in [5.74, 6) is 0.926. The lowest BCUT2D eigenvalue weighted by Crippen LogP contribution is -2.33. The molecule has 0 amide bonds. The lowest BCUT2D eigenvalue weighted by molar-refractivity contribution is -0.107. The van der Waals surface area contributed by atoms with Crippen molar-refractivity contribution in [3.8, 4) is 5.75 Å². The highest BCUT2D eigenvalue weighted by Gasteiger charge is 2.19. The predicted molar refractivity (Wildman–Crippen MR) is 127 cm³/mol. The van der Waals surface area contributed by atoms with Crippen molar-refractivity contribution in [1.29, 1.82) is 0 Å². The molecule has 4 heteroatoms. The number of nitrogens with zero attached hydrogens (tertiary/aromatic N) is 1. The Morgan fingerprint density at radius 1 is 0.968 bits per heavy atom. The van der Waals surface area contributed by atoms with Gasteiger partial charge in [0.05, 0.1) is 6.54 Å². The second kappa shape index (κ2) is 10.7. The van der Waals surface area contributed by atoms with Gasteiger partial charge in [-0.3, -0.25) is 0 Å². The van der Waals surface area contributed by atoms with Crippen LogP contribution in [0.1, 0.15) is 29.5 Å². The molecule has 1 N–H and O–H groups in total. The van der Waals surface area contributed by atoms with Gasteiger partial charge in [0.25, 0.3) is 0 Å². The van der Waals surface area contributed by atoms with Crippen molar-refractivity contribution in [3.05, 3.63) is 89.5 Å². The number of para-hydroxylation sites is 1. The summed E-state index contributed by atoms with van der Waals surface area (Å²) in [7, 11) is 0. The third-order valence-electron chi connectivity index (χ3n) is 5.80. The van der Waals surface area contributed by atoms with Gasteiger partial charge < -0.3 is 19.7 Å². The van der Waals surface area contributed by atoms with Crippen LogP contribution < -0.4 is 15.0 Å². The number of carbonyl (C=O) groups excluding carboxylic acids is 1. The van der Waals surface area contributed by atoms with Gasteiger partial charge >= 0.3 is 0 Å². The van der Waals surface area contributed by atoms with Gasteiger partial charge in [-0.05, 0) is 66.3 Å². The van der Waals surface area contributed by atoms with E-state index in [0.717, 1.165) is 50.2 Å². The average Bonchev–Trinajstić information content (AvgIpc) is 2.83. The number of anilines is 2. The Morgan fingerprint density at radius 3 is 2.61 bits per heavy atom. The third-order valence-corrected chi connectivity index (χ3v) is 5.80. The molecule has 0 saturated carbocycles. The van der Waals surface area contributed by atoms with Crippen molar-refractivity contribution in [3.63, 3.8) is 0 Å². The predicted octanol–water partition coefficient (Wildman–Crippen LogP) is 5.26. The summed E-state index contributed by atoms with van der Waals surface area (Å²) in [6.45, 7) is 3.46. The van der Waals surface area contributed by atoms with Crippen LogP contribution >= 0.6 is 0 Å². The number of rotatable bonds is 10. The molecule has 0 aromatic heterocycles. The van der Waals surface area contributed by atoms with Gasteiger partial charge in [0, 0.05) is 30.9 Å². The molecule has 31 heavy (non-hydrogen) atoms. The van der Waals surface area contributed by atoms with Gasteiger partial charge in [0.15, 0.2) is 0 Å². The largest absolute Gasteiger partial charge is 0.492 e. The van der Waals surface area contributed by atoms with Crippen LogP contribution in [0.4, 0.5) is 11.4 Å². The summed E-state index contributed by atoms with van der Waals surface area (Å²) >= 11 is 0. The maximum absolute atomic E-state index is 10.5. The molecule has 0 atom stereocenters. The fraction of sp³-hybridized carbons (Fsp3) is 0.296.